The third-order valence-corrected chi connectivity index (χ3v) is 3.80. The first-order chi connectivity index (χ1) is 10.0. The van der Waals surface area contributed by atoms with Gasteiger partial charge in [0.1, 0.15) is 0 Å². The van der Waals surface area contributed by atoms with E-state index in [0.29, 0.717) is 0 Å². The number of carbonyl (C=O) groups excluding carboxylic acids is 1. The molecule has 0 aliphatic rings. The summed E-state index contributed by atoms with van der Waals surface area (Å²) in [5, 5.41) is 3.24. The van der Waals surface area contributed by atoms with Crippen molar-refractivity contribution in [1.82, 2.24) is 0 Å². The van der Waals surface area contributed by atoms with Gasteiger partial charge in [-0.1, -0.05) is 45.8 Å². The number of aryl methyl sites for hydroxylation is 2. The Morgan fingerprint density at radius 2 is 1.95 bits per heavy atom. The minimum absolute atomic E-state index is 0.304. The van der Waals surface area contributed by atoms with E-state index >= 15 is 0 Å². The fourth-order valence-corrected chi connectivity index (χ4v) is 2.68. The molecule has 110 valence electrons. The number of halogens is 1. The molecule has 0 aliphatic heterocycles. The molecule has 0 radical (unpaired) electrons. The van der Waals surface area contributed by atoms with Gasteiger partial charge in [0, 0.05) is 10.2 Å². The molecule has 2 aromatic carbocycles. The molecule has 0 fully saturated rings. The molecule has 1 atom stereocenters. The Bertz CT molecular complexity index is 655. The molecule has 1 unspecified atom stereocenters. The molecule has 0 amide bonds. The molecule has 2 rings (SSSR count). The van der Waals surface area contributed by atoms with Gasteiger partial charge in [-0.15, -0.1) is 0 Å². The minimum Gasteiger partial charge on any atom is -0.467 e. The van der Waals surface area contributed by atoms with Gasteiger partial charge in [-0.2, -0.15) is 0 Å². The van der Waals surface area contributed by atoms with Crippen molar-refractivity contribution in [1.29, 1.82) is 0 Å². The number of benzene rings is 2. The van der Waals surface area contributed by atoms with Gasteiger partial charge in [0.15, 0.2) is 6.04 Å². The molecule has 0 aromatic heterocycles. The molecule has 2 aromatic rings. The Hall–Kier alpha value is -1.81. The number of anilines is 1. The SMILES string of the molecule is COC(=O)C(Nc1cccc(Br)c1)c1ccc(C)cc1C. The average molecular weight is 348 g/mol. The van der Waals surface area contributed by atoms with Crippen molar-refractivity contribution in [2.24, 2.45) is 0 Å². The number of esters is 1. The molecular weight excluding hydrogens is 330 g/mol. The first kappa shape index (κ1) is 15.6. The zero-order chi connectivity index (χ0) is 15.4. The van der Waals surface area contributed by atoms with E-state index < -0.39 is 6.04 Å². The van der Waals surface area contributed by atoms with E-state index in [1.165, 1.54) is 12.7 Å². The van der Waals surface area contributed by atoms with Gasteiger partial charge < -0.3 is 10.1 Å². The molecule has 1 N–H and O–H groups in total. The number of hydrogen-bond acceptors (Lipinski definition) is 3. The first-order valence-corrected chi connectivity index (χ1v) is 7.47. The minimum atomic E-state index is -0.523. The summed E-state index contributed by atoms with van der Waals surface area (Å²) in [6.07, 6.45) is 0. The number of ether oxygens (including phenoxy) is 1. The van der Waals surface area contributed by atoms with Crippen LogP contribution >= 0.6 is 15.9 Å². The van der Waals surface area contributed by atoms with Crippen molar-refractivity contribution in [2.45, 2.75) is 19.9 Å². The van der Waals surface area contributed by atoms with Crippen LogP contribution in [0.25, 0.3) is 0 Å². The van der Waals surface area contributed by atoms with E-state index in [-0.39, 0.29) is 5.97 Å². The summed E-state index contributed by atoms with van der Waals surface area (Å²) in [6, 6.07) is 13.2. The molecule has 0 saturated carbocycles. The average Bonchev–Trinajstić information content (AvgIpc) is 2.45. The van der Waals surface area contributed by atoms with E-state index in [4.69, 9.17) is 4.74 Å². The molecule has 0 aliphatic carbocycles. The molecular formula is C17H18BrNO2. The van der Waals surface area contributed by atoms with Crippen molar-refractivity contribution < 1.29 is 9.53 Å². The van der Waals surface area contributed by atoms with E-state index in [2.05, 4.69) is 27.3 Å². The lowest BCUT2D eigenvalue weighted by molar-refractivity contribution is -0.141. The smallest absolute Gasteiger partial charge is 0.332 e. The summed E-state index contributed by atoms with van der Waals surface area (Å²) >= 11 is 3.43. The summed E-state index contributed by atoms with van der Waals surface area (Å²) in [5.41, 5.74) is 4.02. The lowest BCUT2D eigenvalue weighted by Gasteiger charge is -2.20. The summed E-state index contributed by atoms with van der Waals surface area (Å²) in [4.78, 5) is 12.1. The van der Waals surface area contributed by atoms with E-state index in [1.54, 1.807) is 0 Å². The molecule has 0 bridgehead atoms. The Kier molecular flexibility index (Phi) is 5.02. The monoisotopic (exact) mass is 347 g/mol. The van der Waals surface area contributed by atoms with Crippen LogP contribution in [0.15, 0.2) is 46.9 Å². The van der Waals surface area contributed by atoms with Crippen LogP contribution in [0.3, 0.4) is 0 Å². The van der Waals surface area contributed by atoms with E-state index in [9.17, 15) is 4.79 Å². The zero-order valence-electron chi connectivity index (χ0n) is 12.3. The quantitative estimate of drug-likeness (QED) is 0.833. The molecule has 21 heavy (non-hydrogen) atoms. The molecule has 4 heteroatoms. The van der Waals surface area contributed by atoms with Crippen molar-refractivity contribution in [2.75, 3.05) is 12.4 Å². The first-order valence-electron chi connectivity index (χ1n) is 6.68. The summed E-state index contributed by atoms with van der Waals surface area (Å²) < 4.78 is 5.90. The van der Waals surface area contributed by atoms with Crippen molar-refractivity contribution in [3.05, 3.63) is 63.6 Å². The number of nitrogens with one attached hydrogen (secondary N) is 1. The predicted octanol–water partition coefficient (Wildman–Crippen LogP) is 4.39. The van der Waals surface area contributed by atoms with Crippen LogP contribution in [0.2, 0.25) is 0 Å². The third-order valence-electron chi connectivity index (χ3n) is 3.31. The van der Waals surface area contributed by atoms with Crippen molar-refractivity contribution >= 4 is 27.6 Å². The van der Waals surface area contributed by atoms with Crippen LogP contribution in [-0.2, 0) is 9.53 Å². The van der Waals surface area contributed by atoms with E-state index in [1.807, 2.05) is 50.2 Å². The van der Waals surface area contributed by atoms with Crippen molar-refractivity contribution in [3.8, 4) is 0 Å². The Labute approximate surface area is 133 Å². The fourth-order valence-electron chi connectivity index (χ4n) is 2.28. The maximum atomic E-state index is 12.1. The summed E-state index contributed by atoms with van der Waals surface area (Å²) in [5.74, 6) is -0.304. The lowest BCUT2D eigenvalue weighted by Crippen LogP contribution is -2.23. The zero-order valence-corrected chi connectivity index (χ0v) is 13.9. The second kappa shape index (κ2) is 6.76. The highest BCUT2D eigenvalue weighted by Crippen LogP contribution is 2.26. The molecule has 0 saturated heterocycles. The van der Waals surface area contributed by atoms with Crippen molar-refractivity contribution in [3.63, 3.8) is 0 Å². The lowest BCUT2D eigenvalue weighted by atomic mass is 9.99. The maximum absolute atomic E-state index is 12.1. The van der Waals surface area contributed by atoms with Crippen LogP contribution in [-0.4, -0.2) is 13.1 Å². The van der Waals surface area contributed by atoms with Gasteiger partial charge in [0.2, 0.25) is 0 Å². The van der Waals surface area contributed by atoms with Crippen LogP contribution < -0.4 is 5.32 Å². The largest absolute Gasteiger partial charge is 0.467 e. The van der Waals surface area contributed by atoms with Gasteiger partial charge in [-0.05, 0) is 43.2 Å². The number of rotatable bonds is 4. The third kappa shape index (κ3) is 3.85. The highest BCUT2D eigenvalue weighted by molar-refractivity contribution is 9.10. The standard InChI is InChI=1S/C17H18BrNO2/c1-11-7-8-15(12(2)9-11)16(17(20)21-3)19-14-6-4-5-13(18)10-14/h4-10,16,19H,1-3H3. The van der Waals surface area contributed by atoms with Gasteiger partial charge in [0.25, 0.3) is 0 Å². The Morgan fingerprint density at radius 1 is 1.19 bits per heavy atom. The second-order valence-electron chi connectivity index (χ2n) is 4.97. The second-order valence-corrected chi connectivity index (χ2v) is 5.89. The predicted molar refractivity (Wildman–Crippen MR) is 88.4 cm³/mol. The fraction of sp³-hybridized carbons (Fsp3) is 0.235. The number of methoxy groups -OCH3 is 1. The highest BCUT2D eigenvalue weighted by atomic mass is 79.9. The van der Waals surface area contributed by atoms with Crippen LogP contribution in [0, 0.1) is 13.8 Å². The van der Waals surface area contributed by atoms with Crippen LogP contribution in [0.5, 0.6) is 0 Å². The van der Waals surface area contributed by atoms with Crippen LogP contribution in [0.1, 0.15) is 22.7 Å². The normalized spacial score (nSPS) is 11.8. The molecule has 0 spiro atoms. The Balaban J connectivity index is 2.37. The van der Waals surface area contributed by atoms with Gasteiger partial charge in [0.05, 0.1) is 7.11 Å². The van der Waals surface area contributed by atoms with Gasteiger partial charge in [-0.3, -0.25) is 0 Å². The number of carbonyl (C=O) groups is 1. The summed E-state index contributed by atoms with van der Waals surface area (Å²) in [6.45, 7) is 4.03. The van der Waals surface area contributed by atoms with Gasteiger partial charge in [-0.25, -0.2) is 4.79 Å². The van der Waals surface area contributed by atoms with E-state index in [0.717, 1.165) is 21.3 Å². The van der Waals surface area contributed by atoms with Crippen LogP contribution in [0.4, 0.5) is 5.69 Å². The summed E-state index contributed by atoms with van der Waals surface area (Å²) in [7, 11) is 1.40. The molecule has 3 nitrogen and oxygen atoms in total. The Morgan fingerprint density at radius 3 is 2.57 bits per heavy atom. The topological polar surface area (TPSA) is 38.3 Å². The number of hydrogen-bond donors (Lipinski definition) is 1. The highest BCUT2D eigenvalue weighted by Gasteiger charge is 2.23. The van der Waals surface area contributed by atoms with Gasteiger partial charge >= 0.3 is 5.97 Å². The maximum Gasteiger partial charge on any atom is 0.332 e. The molecule has 0 heterocycles.